The van der Waals surface area contributed by atoms with Gasteiger partial charge in [0, 0.05) is 13.1 Å². The van der Waals surface area contributed by atoms with Gasteiger partial charge in [0.2, 0.25) is 0 Å². The first-order valence-corrected chi connectivity index (χ1v) is 6.64. The molecule has 1 unspecified atom stereocenters. The summed E-state index contributed by atoms with van der Waals surface area (Å²) in [7, 11) is 1.96. The molecule has 0 aliphatic rings. The average molecular weight is 281 g/mol. The Labute approximate surface area is 119 Å². The number of hydrogen-bond donors (Lipinski definition) is 3. The lowest BCUT2D eigenvalue weighted by Gasteiger charge is -2.18. The van der Waals surface area contributed by atoms with Gasteiger partial charge in [-0.15, -0.1) is 0 Å². The van der Waals surface area contributed by atoms with E-state index in [9.17, 15) is 9.90 Å². The lowest BCUT2D eigenvalue weighted by molar-refractivity contribution is 0.0948. The zero-order valence-corrected chi connectivity index (χ0v) is 12.0. The Bertz CT molecular complexity index is 424. The molecule has 0 aliphatic heterocycles. The van der Waals surface area contributed by atoms with Gasteiger partial charge in [0.25, 0.3) is 5.91 Å². The van der Waals surface area contributed by atoms with Gasteiger partial charge in [-0.3, -0.25) is 10.2 Å². The Morgan fingerprint density at radius 2 is 2.15 bits per heavy atom. The molecule has 6 nitrogen and oxygen atoms in total. The highest BCUT2D eigenvalue weighted by atomic mass is 16.5. The summed E-state index contributed by atoms with van der Waals surface area (Å²) in [5, 5.41) is 9.22. The minimum Gasteiger partial charge on any atom is -0.491 e. The molecule has 1 atom stereocenters. The zero-order valence-electron chi connectivity index (χ0n) is 12.0. The SMILES string of the molecule is CC(O)CCN(C)CCOc1ccccc1C(=O)NN. The number of para-hydroxylation sites is 1. The molecule has 0 radical (unpaired) electrons. The van der Waals surface area contributed by atoms with Gasteiger partial charge < -0.3 is 14.7 Å². The molecule has 1 amide bonds. The number of amides is 1. The number of nitrogens with one attached hydrogen (secondary N) is 1. The largest absolute Gasteiger partial charge is 0.491 e. The molecule has 0 bridgehead atoms. The number of nitrogens with zero attached hydrogens (tertiary/aromatic N) is 1. The number of hydrogen-bond acceptors (Lipinski definition) is 5. The first-order valence-electron chi connectivity index (χ1n) is 6.64. The zero-order chi connectivity index (χ0) is 15.0. The van der Waals surface area contributed by atoms with E-state index in [0.29, 0.717) is 24.5 Å². The van der Waals surface area contributed by atoms with Crippen molar-refractivity contribution < 1.29 is 14.6 Å². The Balaban J connectivity index is 2.44. The Hall–Kier alpha value is -1.63. The van der Waals surface area contributed by atoms with Crippen LogP contribution in [0.3, 0.4) is 0 Å². The van der Waals surface area contributed by atoms with Crippen molar-refractivity contribution in [2.45, 2.75) is 19.4 Å². The van der Waals surface area contributed by atoms with Crippen molar-refractivity contribution in [1.29, 1.82) is 0 Å². The topological polar surface area (TPSA) is 87.8 Å². The van der Waals surface area contributed by atoms with E-state index in [-0.39, 0.29) is 12.0 Å². The van der Waals surface area contributed by atoms with Crippen LogP contribution >= 0.6 is 0 Å². The van der Waals surface area contributed by atoms with Crippen molar-refractivity contribution in [2.75, 3.05) is 26.7 Å². The Morgan fingerprint density at radius 3 is 2.80 bits per heavy atom. The average Bonchev–Trinajstić information content (AvgIpc) is 2.45. The number of hydrazine groups is 1. The summed E-state index contributed by atoms with van der Waals surface area (Å²) >= 11 is 0. The molecule has 6 heteroatoms. The highest BCUT2D eigenvalue weighted by Crippen LogP contribution is 2.17. The van der Waals surface area contributed by atoms with Crippen LogP contribution in [0.15, 0.2) is 24.3 Å². The van der Waals surface area contributed by atoms with Crippen molar-refractivity contribution in [3.05, 3.63) is 29.8 Å². The van der Waals surface area contributed by atoms with Gasteiger partial charge in [0.15, 0.2) is 0 Å². The van der Waals surface area contributed by atoms with E-state index in [2.05, 4.69) is 10.3 Å². The summed E-state index contributed by atoms with van der Waals surface area (Å²) in [6.07, 6.45) is 0.426. The highest BCUT2D eigenvalue weighted by Gasteiger charge is 2.10. The van der Waals surface area contributed by atoms with Crippen molar-refractivity contribution >= 4 is 5.91 Å². The van der Waals surface area contributed by atoms with E-state index in [0.717, 1.165) is 13.0 Å². The number of nitrogens with two attached hydrogens (primary N) is 1. The molecular weight excluding hydrogens is 258 g/mol. The molecule has 0 saturated carbocycles. The minimum absolute atomic E-state index is 0.299. The standard InChI is InChI=1S/C14H23N3O3/c1-11(18)7-8-17(2)9-10-20-13-6-4-3-5-12(13)14(19)16-15/h3-6,11,18H,7-10,15H2,1-2H3,(H,16,19). The van der Waals surface area contributed by atoms with Crippen molar-refractivity contribution in [2.24, 2.45) is 5.84 Å². The predicted octanol–water partition coefficient (Wildman–Crippen LogP) is 0.372. The number of likely N-dealkylation sites (N-methyl/N-ethyl adjacent to an activating group) is 1. The smallest absolute Gasteiger partial charge is 0.268 e. The van der Waals surface area contributed by atoms with Gasteiger partial charge in [0.05, 0.1) is 11.7 Å². The van der Waals surface area contributed by atoms with Crippen LogP contribution in [-0.4, -0.2) is 48.8 Å². The van der Waals surface area contributed by atoms with Crippen molar-refractivity contribution in [1.82, 2.24) is 10.3 Å². The van der Waals surface area contributed by atoms with Crippen LogP contribution < -0.4 is 16.0 Å². The molecule has 4 N–H and O–H groups in total. The number of benzene rings is 1. The summed E-state index contributed by atoms with van der Waals surface area (Å²) in [4.78, 5) is 13.6. The molecule has 0 aromatic heterocycles. The number of ether oxygens (including phenoxy) is 1. The third-order valence-corrected chi connectivity index (χ3v) is 2.92. The Kier molecular flexibility index (Phi) is 7.00. The molecule has 112 valence electrons. The maximum atomic E-state index is 11.6. The van der Waals surface area contributed by atoms with E-state index in [1.54, 1.807) is 31.2 Å². The fourth-order valence-electron chi connectivity index (χ4n) is 1.69. The first kappa shape index (κ1) is 16.4. The van der Waals surface area contributed by atoms with E-state index < -0.39 is 0 Å². The molecule has 20 heavy (non-hydrogen) atoms. The van der Waals surface area contributed by atoms with Gasteiger partial charge in [-0.25, -0.2) is 5.84 Å². The van der Waals surface area contributed by atoms with Crippen LogP contribution in [0.25, 0.3) is 0 Å². The number of aliphatic hydroxyl groups excluding tert-OH is 1. The number of carbonyl (C=O) groups is 1. The number of carbonyl (C=O) groups excluding carboxylic acids is 1. The van der Waals surface area contributed by atoms with Crippen LogP contribution in [0, 0.1) is 0 Å². The van der Waals surface area contributed by atoms with Gasteiger partial charge >= 0.3 is 0 Å². The second-order valence-corrected chi connectivity index (χ2v) is 4.76. The summed E-state index contributed by atoms with van der Waals surface area (Å²) < 4.78 is 5.62. The molecule has 1 aromatic rings. The fourth-order valence-corrected chi connectivity index (χ4v) is 1.69. The number of aliphatic hydroxyl groups is 1. The summed E-state index contributed by atoms with van der Waals surface area (Å²) in [5.41, 5.74) is 2.51. The van der Waals surface area contributed by atoms with Gasteiger partial charge in [-0.05, 0) is 32.5 Å². The minimum atomic E-state index is -0.372. The third kappa shape index (κ3) is 5.56. The quantitative estimate of drug-likeness (QED) is 0.364. The molecule has 0 spiro atoms. The highest BCUT2D eigenvalue weighted by molar-refractivity contribution is 5.96. The molecule has 0 saturated heterocycles. The molecular formula is C14H23N3O3. The van der Waals surface area contributed by atoms with Gasteiger partial charge in [0.1, 0.15) is 12.4 Å². The van der Waals surface area contributed by atoms with Crippen LogP contribution in [0.2, 0.25) is 0 Å². The van der Waals surface area contributed by atoms with Gasteiger partial charge in [-0.2, -0.15) is 0 Å². The van der Waals surface area contributed by atoms with Crippen molar-refractivity contribution in [3.63, 3.8) is 0 Å². The molecule has 1 rings (SSSR count). The predicted molar refractivity (Wildman–Crippen MR) is 77.4 cm³/mol. The molecule has 0 fully saturated rings. The van der Waals surface area contributed by atoms with E-state index >= 15 is 0 Å². The summed E-state index contributed by atoms with van der Waals surface area (Å²) in [6, 6.07) is 6.96. The van der Waals surface area contributed by atoms with E-state index in [4.69, 9.17) is 10.6 Å². The molecule has 0 heterocycles. The van der Waals surface area contributed by atoms with Crippen LogP contribution in [-0.2, 0) is 0 Å². The summed E-state index contributed by atoms with van der Waals surface area (Å²) in [6.45, 7) is 3.74. The Morgan fingerprint density at radius 1 is 1.45 bits per heavy atom. The lowest BCUT2D eigenvalue weighted by Crippen LogP contribution is -2.31. The second-order valence-electron chi connectivity index (χ2n) is 4.76. The fraction of sp³-hybridized carbons (Fsp3) is 0.500. The van der Waals surface area contributed by atoms with Crippen LogP contribution in [0.1, 0.15) is 23.7 Å². The van der Waals surface area contributed by atoms with Crippen molar-refractivity contribution in [3.8, 4) is 5.75 Å². The van der Waals surface area contributed by atoms with E-state index in [1.807, 2.05) is 7.05 Å². The monoisotopic (exact) mass is 281 g/mol. The summed E-state index contributed by atoms with van der Waals surface area (Å²) in [5.74, 6) is 5.27. The normalized spacial score (nSPS) is 12.2. The maximum absolute atomic E-state index is 11.6. The maximum Gasteiger partial charge on any atom is 0.268 e. The number of rotatable bonds is 8. The first-order chi connectivity index (χ1) is 9.54. The van der Waals surface area contributed by atoms with Gasteiger partial charge in [-0.1, -0.05) is 12.1 Å². The lowest BCUT2D eigenvalue weighted by atomic mass is 10.2. The number of nitrogen functional groups attached to an aromatic ring is 1. The van der Waals surface area contributed by atoms with Crippen LogP contribution in [0.4, 0.5) is 0 Å². The second kappa shape index (κ2) is 8.52. The van der Waals surface area contributed by atoms with Crippen LogP contribution in [0.5, 0.6) is 5.75 Å². The molecule has 1 aromatic carbocycles. The molecule has 0 aliphatic carbocycles. The van der Waals surface area contributed by atoms with E-state index in [1.165, 1.54) is 0 Å². The third-order valence-electron chi connectivity index (χ3n) is 2.92.